The number of phenols is 1. The number of carbonyl (C=O) groups excluding carboxylic acids is 1. The average Bonchev–Trinajstić information content (AvgIpc) is 2.27. The summed E-state index contributed by atoms with van der Waals surface area (Å²) in [6.07, 6.45) is 1.80. The van der Waals surface area contributed by atoms with Crippen LogP contribution < -0.4 is 0 Å². The minimum atomic E-state index is -0.389. The summed E-state index contributed by atoms with van der Waals surface area (Å²) in [5.41, 5.74) is 1.34. The second-order valence-electron chi connectivity index (χ2n) is 3.94. The topological polar surface area (TPSA) is 66.8 Å². The highest BCUT2D eigenvalue weighted by molar-refractivity contribution is 5.92. The van der Waals surface area contributed by atoms with Gasteiger partial charge < -0.3 is 14.9 Å². The van der Waals surface area contributed by atoms with Crippen molar-refractivity contribution in [3.05, 3.63) is 29.3 Å². The lowest BCUT2D eigenvalue weighted by Gasteiger charge is -2.24. The molecule has 0 saturated carbocycles. The van der Waals surface area contributed by atoms with E-state index >= 15 is 0 Å². The van der Waals surface area contributed by atoms with Crippen LogP contribution in [0.2, 0.25) is 0 Å². The van der Waals surface area contributed by atoms with E-state index in [0.717, 1.165) is 5.56 Å². The summed E-state index contributed by atoms with van der Waals surface area (Å²) in [6, 6.07) is 4.75. The molecule has 0 radical (unpaired) electrons. The average molecular weight is 222 g/mol. The molecule has 16 heavy (non-hydrogen) atoms. The molecule has 0 unspecified atom stereocenters. The summed E-state index contributed by atoms with van der Waals surface area (Å²) < 4.78 is 5.21. The van der Waals surface area contributed by atoms with Crippen LogP contribution in [0.15, 0.2) is 18.2 Å². The van der Waals surface area contributed by atoms with Crippen molar-refractivity contribution in [2.24, 2.45) is 0 Å². The van der Waals surface area contributed by atoms with Gasteiger partial charge in [-0.2, -0.15) is 0 Å². The summed E-state index contributed by atoms with van der Waals surface area (Å²) in [6.45, 7) is 0.108. The van der Waals surface area contributed by atoms with Gasteiger partial charge in [0.1, 0.15) is 11.9 Å². The van der Waals surface area contributed by atoms with E-state index in [4.69, 9.17) is 9.84 Å². The van der Waals surface area contributed by atoms with E-state index in [-0.39, 0.29) is 24.4 Å². The number of benzene rings is 1. The maximum Gasteiger partial charge on any atom is 0.338 e. The zero-order valence-electron chi connectivity index (χ0n) is 8.85. The lowest BCUT2D eigenvalue weighted by atomic mass is 9.96. The molecule has 1 aromatic carbocycles. The van der Waals surface area contributed by atoms with Crippen LogP contribution in [0, 0.1) is 0 Å². The third-order valence-corrected chi connectivity index (χ3v) is 2.72. The zero-order chi connectivity index (χ0) is 11.5. The van der Waals surface area contributed by atoms with Crippen LogP contribution >= 0.6 is 0 Å². The number of ether oxygens (including phenoxy) is 1. The number of hydrogen-bond donors (Lipinski definition) is 2. The first-order valence-electron chi connectivity index (χ1n) is 5.34. The van der Waals surface area contributed by atoms with E-state index in [1.54, 1.807) is 12.1 Å². The molecule has 0 saturated heterocycles. The Morgan fingerprint density at radius 3 is 3.00 bits per heavy atom. The Morgan fingerprint density at radius 2 is 2.25 bits per heavy atom. The third kappa shape index (κ3) is 2.17. The van der Waals surface area contributed by atoms with Crippen LogP contribution in [0.1, 0.15) is 28.8 Å². The van der Waals surface area contributed by atoms with Crippen molar-refractivity contribution in [1.82, 2.24) is 0 Å². The number of aromatic hydroxyl groups is 1. The second kappa shape index (κ2) is 4.53. The monoisotopic (exact) mass is 222 g/mol. The van der Waals surface area contributed by atoms with Gasteiger partial charge in [-0.3, -0.25) is 0 Å². The van der Waals surface area contributed by atoms with Gasteiger partial charge in [-0.05, 0) is 30.5 Å². The van der Waals surface area contributed by atoms with Gasteiger partial charge in [0.05, 0.1) is 5.56 Å². The Bertz CT molecular complexity index is 400. The highest BCUT2D eigenvalue weighted by atomic mass is 16.5. The van der Waals surface area contributed by atoms with E-state index in [2.05, 4.69) is 0 Å². The normalized spacial score (nSPS) is 19.1. The molecule has 2 rings (SSSR count). The predicted octanol–water partition coefficient (Wildman–Crippen LogP) is 1.25. The van der Waals surface area contributed by atoms with E-state index < -0.39 is 0 Å². The SMILES string of the molecule is O=C1O[C@H](CCCO)Cc2ccc(O)cc21. The highest BCUT2D eigenvalue weighted by Gasteiger charge is 2.26. The van der Waals surface area contributed by atoms with Gasteiger partial charge in [-0.25, -0.2) is 4.79 Å². The minimum Gasteiger partial charge on any atom is -0.508 e. The molecule has 1 aromatic rings. The molecule has 0 spiro atoms. The second-order valence-corrected chi connectivity index (χ2v) is 3.94. The number of esters is 1. The number of rotatable bonds is 3. The number of carbonyl (C=O) groups is 1. The Balaban J connectivity index is 2.17. The molecular formula is C12H14O4. The number of aliphatic hydroxyl groups is 1. The standard InChI is InChI=1S/C12H14O4/c13-5-1-2-10-6-8-3-4-9(14)7-11(8)12(15)16-10/h3-4,7,10,13-14H,1-2,5-6H2/t10-/m1/s1. The molecule has 1 heterocycles. The quantitative estimate of drug-likeness (QED) is 0.755. The van der Waals surface area contributed by atoms with Crippen LogP contribution in [0.25, 0.3) is 0 Å². The maximum atomic E-state index is 11.6. The fraction of sp³-hybridized carbons (Fsp3) is 0.417. The van der Waals surface area contributed by atoms with E-state index in [0.29, 0.717) is 24.8 Å². The largest absolute Gasteiger partial charge is 0.508 e. The van der Waals surface area contributed by atoms with Crippen molar-refractivity contribution < 1.29 is 19.7 Å². The van der Waals surface area contributed by atoms with E-state index in [1.807, 2.05) is 0 Å². The van der Waals surface area contributed by atoms with Gasteiger partial charge in [-0.1, -0.05) is 6.07 Å². The number of cyclic esters (lactones) is 1. The molecule has 0 aromatic heterocycles. The molecule has 4 heteroatoms. The summed E-state index contributed by atoms with van der Waals surface area (Å²) in [4.78, 5) is 11.6. The summed E-state index contributed by atoms with van der Waals surface area (Å²) in [5, 5.41) is 18.0. The van der Waals surface area contributed by atoms with Crippen molar-refractivity contribution in [3.63, 3.8) is 0 Å². The van der Waals surface area contributed by atoms with Crippen LogP contribution in [0.5, 0.6) is 5.75 Å². The lowest BCUT2D eigenvalue weighted by Crippen LogP contribution is -2.27. The number of fused-ring (bicyclic) bond motifs is 1. The first-order chi connectivity index (χ1) is 7.70. The van der Waals surface area contributed by atoms with Crippen LogP contribution in [-0.2, 0) is 11.2 Å². The predicted molar refractivity (Wildman–Crippen MR) is 57.3 cm³/mol. The third-order valence-electron chi connectivity index (χ3n) is 2.72. The number of phenolic OH excluding ortho intramolecular Hbond substituents is 1. The molecule has 1 aliphatic rings. The van der Waals surface area contributed by atoms with Crippen molar-refractivity contribution in [2.45, 2.75) is 25.4 Å². The Hall–Kier alpha value is -1.55. The van der Waals surface area contributed by atoms with Crippen LogP contribution in [0.4, 0.5) is 0 Å². The molecule has 0 fully saturated rings. The van der Waals surface area contributed by atoms with Crippen molar-refractivity contribution >= 4 is 5.97 Å². The number of aliphatic hydroxyl groups excluding tert-OH is 1. The molecule has 0 bridgehead atoms. The van der Waals surface area contributed by atoms with Gasteiger partial charge in [0.2, 0.25) is 0 Å². The maximum absolute atomic E-state index is 11.6. The molecule has 2 N–H and O–H groups in total. The number of hydrogen-bond acceptors (Lipinski definition) is 4. The Kier molecular flexibility index (Phi) is 3.10. The van der Waals surface area contributed by atoms with Gasteiger partial charge in [-0.15, -0.1) is 0 Å². The first kappa shape index (κ1) is 11.0. The minimum absolute atomic E-state index is 0.0736. The van der Waals surface area contributed by atoms with Crippen molar-refractivity contribution in [3.8, 4) is 5.75 Å². The summed E-state index contributed by atoms with van der Waals surface area (Å²) in [5.74, 6) is -0.315. The summed E-state index contributed by atoms with van der Waals surface area (Å²) in [7, 11) is 0. The van der Waals surface area contributed by atoms with Crippen LogP contribution in [0.3, 0.4) is 0 Å². The van der Waals surface area contributed by atoms with Crippen molar-refractivity contribution in [1.29, 1.82) is 0 Å². The van der Waals surface area contributed by atoms with Crippen LogP contribution in [-0.4, -0.2) is 28.9 Å². The molecule has 0 amide bonds. The first-order valence-corrected chi connectivity index (χ1v) is 5.34. The highest BCUT2D eigenvalue weighted by Crippen LogP contribution is 2.25. The fourth-order valence-corrected chi connectivity index (χ4v) is 1.91. The van der Waals surface area contributed by atoms with Gasteiger partial charge in [0.15, 0.2) is 0 Å². The molecule has 1 atom stereocenters. The van der Waals surface area contributed by atoms with Gasteiger partial charge in [0, 0.05) is 13.0 Å². The van der Waals surface area contributed by atoms with Gasteiger partial charge >= 0.3 is 5.97 Å². The van der Waals surface area contributed by atoms with Crippen molar-refractivity contribution in [2.75, 3.05) is 6.61 Å². The van der Waals surface area contributed by atoms with Gasteiger partial charge in [0.25, 0.3) is 0 Å². The fourth-order valence-electron chi connectivity index (χ4n) is 1.91. The Labute approximate surface area is 93.5 Å². The molecule has 4 nitrogen and oxygen atoms in total. The summed E-state index contributed by atoms with van der Waals surface area (Å²) >= 11 is 0. The zero-order valence-corrected chi connectivity index (χ0v) is 8.85. The Morgan fingerprint density at radius 1 is 1.44 bits per heavy atom. The smallest absolute Gasteiger partial charge is 0.338 e. The molecular weight excluding hydrogens is 208 g/mol. The van der Waals surface area contributed by atoms with E-state index in [9.17, 15) is 9.90 Å². The lowest BCUT2D eigenvalue weighted by molar-refractivity contribution is 0.0221. The molecule has 1 aliphatic heterocycles. The van der Waals surface area contributed by atoms with E-state index in [1.165, 1.54) is 6.07 Å². The molecule has 0 aliphatic carbocycles. The molecule has 86 valence electrons.